The summed E-state index contributed by atoms with van der Waals surface area (Å²) in [7, 11) is 0. The Labute approximate surface area is 123 Å². The van der Waals surface area contributed by atoms with Gasteiger partial charge in [0.05, 0.1) is 6.20 Å². The summed E-state index contributed by atoms with van der Waals surface area (Å²) in [5, 5.41) is 7.49. The number of halogens is 1. The number of nitrogen functional groups attached to an aromatic ring is 1. The number of aromatic nitrogens is 2. The lowest BCUT2D eigenvalue weighted by molar-refractivity contribution is 0.221. The van der Waals surface area contributed by atoms with Crippen molar-refractivity contribution >= 4 is 17.4 Å². The molecule has 0 unspecified atom stereocenters. The van der Waals surface area contributed by atoms with Crippen LogP contribution in [-0.4, -0.2) is 28.2 Å². The van der Waals surface area contributed by atoms with Gasteiger partial charge in [0.2, 0.25) is 0 Å². The third-order valence-electron chi connectivity index (χ3n) is 3.88. The van der Waals surface area contributed by atoms with Gasteiger partial charge in [0, 0.05) is 17.1 Å². The van der Waals surface area contributed by atoms with E-state index >= 15 is 0 Å². The summed E-state index contributed by atoms with van der Waals surface area (Å²) < 4.78 is 0. The Morgan fingerprint density at radius 3 is 2.70 bits per heavy atom. The molecule has 20 heavy (non-hydrogen) atoms. The van der Waals surface area contributed by atoms with Gasteiger partial charge < -0.3 is 5.73 Å². The molecule has 0 saturated carbocycles. The van der Waals surface area contributed by atoms with Gasteiger partial charge in [-0.15, -0.1) is 0 Å². The van der Waals surface area contributed by atoms with Crippen LogP contribution in [0.5, 0.6) is 0 Å². The fourth-order valence-corrected chi connectivity index (χ4v) is 2.97. The van der Waals surface area contributed by atoms with E-state index in [1.165, 1.54) is 37.9 Å². The number of benzene rings is 1. The Morgan fingerprint density at radius 2 is 2.05 bits per heavy atom. The monoisotopic (exact) mass is 290 g/mol. The average Bonchev–Trinajstić information content (AvgIpc) is 2.88. The number of piperidine rings is 1. The number of nitrogens with two attached hydrogens (primary N) is 1. The second-order valence-corrected chi connectivity index (χ2v) is 5.75. The van der Waals surface area contributed by atoms with Crippen molar-refractivity contribution in [1.82, 2.24) is 15.1 Å². The zero-order chi connectivity index (χ0) is 13.9. The number of likely N-dealkylation sites (tertiary alicyclic amines) is 1. The van der Waals surface area contributed by atoms with E-state index in [2.05, 4.69) is 27.2 Å². The maximum Gasteiger partial charge on any atom is 0.126 e. The van der Waals surface area contributed by atoms with Crippen LogP contribution in [0.15, 0.2) is 24.4 Å². The SMILES string of the molecule is Nc1[nH]ncc1-c1ccc(CN2CCCCC2)c(Cl)c1. The minimum Gasteiger partial charge on any atom is -0.384 e. The van der Waals surface area contributed by atoms with Crippen molar-refractivity contribution in [3.05, 3.63) is 35.0 Å². The van der Waals surface area contributed by atoms with E-state index in [1.54, 1.807) is 6.20 Å². The van der Waals surface area contributed by atoms with Gasteiger partial charge in [-0.3, -0.25) is 10.00 Å². The predicted molar refractivity (Wildman–Crippen MR) is 82.6 cm³/mol. The number of hydrogen-bond donors (Lipinski definition) is 2. The summed E-state index contributed by atoms with van der Waals surface area (Å²) in [5.74, 6) is 0.574. The molecule has 0 radical (unpaired) electrons. The maximum absolute atomic E-state index is 6.42. The van der Waals surface area contributed by atoms with Crippen LogP contribution in [-0.2, 0) is 6.54 Å². The lowest BCUT2D eigenvalue weighted by atomic mass is 10.0. The number of aromatic amines is 1. The average molecular weight is 291 g/mol. The molecule has 0 amide bonds. The molecule has 3 rings (SSSR count). The van der Waals surface area contributed by atoms with Gasteiger partial charge >= 0.3 is 0 Å². The molecule has 1 aliphatic rings. The third kappa shape index (κ3) is 2.81. The largest absolute Gasteiger partial charge is 0.384 e. The number of H-pyrrole nitrogens is 1. The Kier molecular flexibility index (Phi) is 3.94. The lowest BCUT2D eigenvalue weighted by Crippen LogP contribution is -2.29. The molecule has 5 heteroatoms. The van der Waals surface area contributed by atoms with Crippen LogP contribution in [0.4, 0.5) is 5.82 Å². The van der Waals surface area contributed by atoms with E-state index in [-0.39, 0.29) is 0 Å². The molecule has 106 valence electrons. The highest BCUT2D eigenvalue weighted by atomic mass is 35.5. The van der Waals surface area contributed by atoms with Crippen molar-refractivity contribution in [2.75, 3.05) is 18.8 Å². The standard InChI is InChI=1S/C15H19ClN4/c16-14-8-11(13-9-18-19-15(13)17)4-5-12(14)10-20-6-2-1-3-7-20/h4-5,8-9H,1-3,6-7,10H2,(H3,17,18,19). The van der Waals surface area contributed by atoms with Crippen LogP contribution >= 0.6 is 11.6 Å². The van der Waals surface area contributed by atoms with Crippen molar-refractivity contribution in [3.8, 4) is 11.1 Å². The second-order valence-electron chi connectivity index (χ2n) is 5.34. The fraction of sp³-hybridized carbons (Fsp3) is 0.400. The second kappa shape index (κ2) is 5.85. The van der Waals surface area contributed by atoms with Gasteiger partial charge in [-0.1, -0.05) is 30.2 Å². The predicted octanol–water partition coefficient (Wildman–Crippen LogP) is 3.30. The van der Waals surface area contributed by atoms with Crippen LogP contribution in [0.2, 0.25) is 5.02 Å². The van der Waals surface area contributed by atoms with E-state index in [1.807, 2.05) is 6.07 Å². The van der Waals surface area contributed by atoms with E-state index in [0.29, 0.717) is 5.82 Å². The first-order chi connectivity index (χ1) is 9.74. The smallest absolute Gasteiger partial charge is 0.126 e. The highest BCUT2D eigenvalue weighted by molar-refractivity contribution is 6.31. The zero-order valence-electron chi connectivity index (χ0n) is 11.4. The molecule has 1 aromatic heterocycles. The molecule has 1 aromatic carbocycles. The molecule has 0 aliphatic carbocycles. The zero-order valence-corrected chi connectivity index (χ0v) is 12.2. The van der Waals surface area contributed by atoms with E-state index in [9.17, 15) is 0 Å². The summed E-state index contributed by atoms with van der Waals surface area (Å²) in [4.78, 5) is 2.47. The molecule has 0 spiro atoms. The van der Waals surface area contributed by atoms with Gasteiger partial charge in [-0.05, 0) is 43.1 Å². The van der Waals surface area contributed by atoms with Crippen molar-refractivity contribution < 1.29 is 0 Å². The van der Waals surface area contributed by atoms with Crippen LogP contribution in [0.25, 0.3) is 11.1 Å². The highest BCUT2D eigenvalue weighted by Gasteiger charge is 2.13. The lowest BCUT2D eigenvalue weighted by Gasteiger charge is -2.26. The molecule has 1 aliphatic heterocycles. The normalized spacial score (nSPS) is 16.4. The molecule has 4 nitrogen and oxygen atoms in total. The van der Waals surface area contributed by atoms with Crippen LogP contribution in [0, 0.1) is 0 Å². The minimum absolute atomic E-state index is 0.574. The molecular formula is C15H19ClN4. The minimum atomic E-state index is 0.574. The number of nitrogens with zero attached hydrogens (tertiary/aromatic N) is 2. The van der Waals surface area contributed by atoms with Gasteiger partial charge in [0.25, 0.3) is 0 Å². The number of rotatable bonds is 3. The molecule has 0 bridgehead atoms. The maximum atomic E-state index is 6.42. The fourth-order valence-electron chi connectivity index (χ4n) is 2.73. The molecule has 1 fully saturated rings. The van der Waals surface area contributed by atoms with E-state index < -0.39 is 0 Å². The van der Waals surface area contributed by atoms with Crippen molar-refractivity contribution in [2.24, 2.45) is 0 Å². The molecule has 3 N–H and O–H groups in total. The summed E-state index contributed by atoms with van der Waals surface area (Å²) in [6.07, 6.45) is 5.66. The Bertz CT molecular complexity index is 587. The molecular weight excluding hydrogens is 272 g/mol. The first kappa shape index (κ1) is 13.5. The molecule has 2 aromatic rings. The summed E-state index contributed by atoms with van der Waals surface area (Å²) in [6, 6.07) is 6.13. The highest BCUT2D eigenvalue weighted by Crippen LogP contribution is 2.29. The van der Waals surface area contributed by atoms with Crippen LogP contribution in [0.3, 0.4) is 0 Å². The third-order valence-corrected chi connectivity index (χ3v) is 4.23. The Hall–Kier alpha value is -1.52. The van der Waals surface area contributed by atoms with Crippen molar-refractivity contribution in [1.29, 1.82) is 0 Å². The van der Waals surface area contributed by atoms with Gasteiger partial charge in [0.15, 0.2) is 0 Å². The number of anilines is 1. The van der Waals surface area contributed by atoms with Gasteiger partial charge in [-0.2, -0.15) is 5.10 Å². The Morgan fingerprint density at radius 1 is 1.25 bits per heavy atom. The first-order valence-corrected chi connectivity index (χ1v) is 7.42. The van der Waals surface area contributed by atoms with E-state index in [0.717, 1.165) is 22.7 Å². The van der Waals surface area contributed by atoms with Crippen molar-refractivity contribution in [3.63, 3.8) is 0 Å². The first-order valence-electron chi connectivity index (χ1n) is 7.04. The topological polar surface area (TPSA) is 57.9 Å². The van der Waals surface area contributed by atoms with Gasteiger partial charge in [-0.25, -0.2) is 0 Å². The summed E-state index contributed by atoms with van der Waals surface area (Å²) in [6.45, 7) is 3.28. The molecule has 0 atom stereocenters. The van der Waals surface area contributed by atoms with Crippen molar-refractivity contribution in [2.45, 2.75) is 25.8 Å². The van der Waals surface area contributed by atoms with Crippen LogP contribution in [0.1, 0.15) is 24.8 Å². The quantitative estimate of drug-likeness (QED) is 0.912. The van der Waals surface area contributed by atoms with Crippen LogP contribution < -0.4 is 5.73 Å². The molecule has 1 saturated heterocycles. The number of hydrogen-bond acceptors (Lipinski definition) is 3. The van der Waals surface area contributed by atoms with Gasteiger partial charge in [0.1, 0.15) is 5.82 Å². The summed E-state index contributed by atoms with van der Waals surface area (Å²) >= 11 is 6.42. The Balaban J connectivity index is 1.79. The molecule has 2 heterocycles. The summed E-state index contributed by atoms with van der Waals surface area (Å²) in [5.41, 5.74) is 8.92. The van der Waals surface area contributed by atoms with E-state index in [4.69, 9.17) is 17.3 Å². The number of nitrogens with one attached hydrogen (secondary N) is 1.